The molecular formula is C22H27N7O5. The molecule has 3 heterocycles. The minimum Gasteiger partial charge on any atom is -0.379 e. The van der Waals surface area contributed by atoms with Crippen LogP contribution in [0, 0.1) is 6.92 Å². The van der Waals surface area contributed by atoms with Crippen LogP contribution in [-0.4, -0.2) is 74.2 Å². The maximum atomic E-state index is 12.7. The number of aromatic nitrogens is 5. The van der Waals surface area contributed by atoms with Crippen molar-refractivity contribution in [3.63, 3.8) is 0 Å². The highest BCUT2D eigenvalue weighted by molar-refractivity contribution is 5.90. The highest BCUT2D eigenvalue weighted by atomic mass is 16.5. The molecule has 0 aliphatic carbocycles. The van der Waals surface area contributed by atoms with E-state index in [1.165, 1.54) is 7.05 Å². The molecule has 0 spiro atoms. The molecule has 12 nitrogen and oxygen atoms in total. The van der Waals surface area contributed by atoms with Gasteiger partial charge in [0.1, 0.15) is 0 Å². The SMILES string of the molecule is CCC(CN1CCOCC1)NC(=O)c1nc(-c2nn(-c3ccc(C)cc3)c(=O)n(C)c2=O)no1. The second-order valence-corrected chi connectivity index (χ2v) is 8.16. The standard InChI is InChI=1S/C22H27N7O5/c1-4-15(13-28-9-11-33-12-10-28)23-19(30)20-24-18(26-34-20)17-21(31)27(3)22(32)29(25-17)16-7-5-14(2)6-8-16/h5-8,15H,4,9-13H2,1-3H3,(H,23,30). The Morgan fingerprint density at radius 3 is 2.56 bits per heavy atom. The third-order valence-corrected chi connectivity index (χ3v) is 5.70. The smallest absolute Gasteiger partial charge is 0.351 e. The van der Waals surface area contributed by atoms with E-state index in [0.29, 0.717) is 31.9 Å². The summed E-state index contributed by atoms with van der Waals surface area (Å²) in [4.78, 5) is 44.3. The zero-order valence-corrected chi connectivity index (χ0v) is 19.4. The van der Waals surface area contributed by atoms with Gasteiger partial charge in [-0.3, -0.25) is 19.1 Å². The molecule has 1 N–H and O–H groups in total. The Morgan fingerprint density at radius 2 is 1.88 bits per heavy atom. The first-order valence-corrected chi connectivity index (χ1v) is 11.1. The monoisotopic (exact) mass is 469 g/mol. The average molecular weight is 470 g/mol. The molecule has 1 aliphatic heterocycles. The van der Waals surface area contributed by atoms with Gasteiger partial charge in [0.25, 0.3) is 5.56 Å². The molecule has 2 aromatic heterocycles. The maximum Gasteiger partial charge on any atom is 0.351 e. The Hall–Kier alpha value is -3.64. The lowest BCUT2D eigenvalue weighted by atomic mass is 10.2. The maximum absolute atomic E-state index is 12.7. The number of nitrogens with one attached hydrogen (secondary N) is 1. The van der Waals surface area contributed by atoms with Gasteiger partial charge in [0.05, 0.1) is 18.9 Å². The second kappa shape index (κ2) is 10.1. The van der Waals surface area contributed by atoms with E-state index in [9.17, 15) is 14.4 Å². The zero-order valence-electron chi connectivity index (χ0n) is 19.4. The highest BCUT2D eigenvalue weighted by Crippen LogP contribution is 2.11. The topological polar surface area (TPSA) is 137 Å². The predicted octanol–water partition coefficient (Wildman–Crippen LogP) is 0.130. The van der Waals surface area contributed by atoms with Crippen molar-refractivity contribution in [2.75, 3.05) is 32.8 Å². The number of rotatable bonds is 7. The van der Waals surface area contributed by atoms with Crippen molar-refractivity contribution in [1.82, 2.24) is 34.7 Å². The number of morpholine rings is 1. The average Bonchev–Trinajstić information content (AvgIpc) is 3.34. The Bertz CT molecular complexity index is 1270. The summed E-state index contributed by atoms with van der Waals surface area (Å²) in [6, 6.07) is 6.97. The van der Waals surface area contributed by atoms with E-state index in [2.05, 4.69) is 25.5 Å². The van der Waals surface area contributed by atoms with Gasteiger partial charge in [0, 0.05) is 32.7 Å². The van der Waals surface area contributed by atoms with Crippen molar-refractivity contribution in [2.45, 2.75) is 26.3 Å². The second-order valence-electron chi connectivity index (χ2n) is 8.16. The third-order valence-electron chi connectivity index (χ3n) is 5.70. The summed E-state index contributed by atoms with van der Waals surface area (Å²) < 4.78 is 12.5. The van der Waals surface area contributed by atoms with Crippen molar-refractivity contribution in [3.8, 4) is 17.2 Å². The van der Waals surface area contributed by atoms with Gasteiger partial charge in [0.2, 0.25) is 5.82 Å². The summed E-state index contributed by atoms with van der Waals surface area (Å²) >= 11 is 0. The molecule has 1 unspecified atom stereocenters. The van der Waals surface area contributed by atoms with E-state index >= 15 is 0 Å². The van der Waals surface area contributed by atoms with Crippen molar-refractivity contribution in [1.29, 1.82) is 0 Å². The van der Waals surface area contributed by atoms with Gasteiger partial charge in [-0.25, -0.2) is 4.79 Å². The first-order chi connectivity index (χ1) is 16.4. The summed E-state index contributed by atoms with van der Waals surface area (Å²) in [6.07, 6.45) is 0.716. The van der Waals surface area contributed by atoms with Crippen molar-refractivity contribution >= 4 is 5.91 Å². The molecule has 1 fully saturated rings. The van der Waals surface area contributed by atoms with Crippen LogP contribution in [0.15, 0.2) is 38.4 Å². The molecule has 1 aliphatic rings. The first-order valence-electron chi connectivity index (χ1n) is 11.1. The van der Waals surface area contributed by atoms with Crippen LogP contribution in [0.25, 0.3) is 17.2 Å². The molecule has 0 radical (unpaired) electrons. The molecule has 1 atom stereocenters. The van der Waals surface area contributed by atoms with Crippen LogP contribution in [0.2, 0.25) is 0 Å². The van der Waals surface area contributed by atoms with Gasteiger partial charge in [-0.15, -0.1) is 0 Å². The molecule has 1 saturated heterocycles. The summed E-state index contributed by atoms with van der Waals surface area (Å²) in [6.45, 7) is 7.53. The van der Waals surface area contributed by atoms with E-state index in [0.717, 1.165) is 27.9 Å². The fourth-order valence-electron chi connectivity index (χ4n) is 3.60. The predicted molar refractivity (Wildman–Crippen MR) is 122 cm³/mol. The first kappa shape index (κ1) is 23.5. The van der Waals surface area contributed by atoms with Gasteiger partial charge in [-0.05, 0) is 25.5 Å². The lowest BCUT2D eigenvalue weighted by Crippen LogP contribution is -2.47. The number of carbonyl (C=O) groups excluding carboxylic acids is 1. The van der Waals surface area contributed by atoms with Crippen LogP contribution in [0.4, 0.5) is 0 Å². The molecule has 34 heavy (non-hydrogen) atoms. The van der Waals surface area contributed by atoms with Crippen LogP contribution >= 0.6 is 0 Å². The van der Waals surface area contributed by atoms with Gasteiger partial charge < -0.3 is 14.6 Å². The minimum atomic E-state index is -0.695. The van der Waals surface area contributed by atoms with Gasteiger partial charge in [-0.2, -0.15) is 14.8 Å². The summed E-state index contributed by atoms with van der Waals surface area (Å²) in [5.41, 5.74) is -0.0313. The van der Waals surface area contributed by atoms with Crippen molar-refractivity contribution in [2.24, 2.45) is 7.05 Å². The normalized spacial score (nSPS) is 15.3. The third kappa shape index (κ3) is 4.97. The zero-order chi connectivity index (χ0) is 24.2. The summed E-state index contributed by atoms with van der Waals surface area (Å²) in [7, 11) is 1.34. The van der Waals surface area contributed by atoms with Crippen molar-refractivity contribution < 1.29 is 14.1 Å². The Kier molecular flexibility index (Phi) is 6.98. The molecule has 4 rings (SSSR count). The molecule has 3 aromatic rings. The molecule has 1 amide bonds. The van der Waals surface area contributed by atoms with E-state index in [-0.39, 0.29) is 23.5 Å². The lowest BCUT2D eigenvalue weighted by molar-refractivity contribution is 0.0330. The number of hydrogen-bond donors (Lipinski definition) is 1. The van der Waals surface area contributed by atoms with Gasteiger partial charge in [0.15, 0.2) is 5.69 Å². The summed E-state index contributed by atoms with van der Waals surface area (Å²) in [5, 5.41) is 10.8. The number of benzene rings is 1. The van der Waals surface area contributed by atoms with Crippen LogP contribution in [-0.2, 0) is 11.8 Å². The Balaban J connectivity index is 1.57. The van der Waals surface area contributed by atoms with E-state index in [1.54, 1.807) is 12.1 Å². The number of nitrogens with zero attached hydrogens (tertiary/aromatic N) is 6. The molecular weight excluding hydrogens is 442 g/mol. The number of aryl methyl sites for hydroxylation is 1. The fraction of sp³-hybridized carbons (Fsp3) is 0.455. The summed E-state index contributed by atoms with van der Waals surface area (Å²) in [5.74, 6) is -0.997. The van der Waals surface area contributed by atoms with E-state index < -0.39 is 17.2 Å². The van der Waals surface area contributed by atoms with E-state index in [4.69, 9.17) is 9.26 Å². The minimum absolute atomic E-state index is 0.115. The lowest BCUT2D eigenvalue weighted by Gasteiger charge is -2.30. The Labute approximate surface area is 195 Å². The molecule has 180 valence electrons. The largest absolute Gasteiger partial charge is 0.379 e. The van der Waals surface area contributed by atoms with Crippen molar-refractivity contribution in [3.05, 3.63) is 56.6 Å². The van der Waals surface area contributed by atoms with Crippen LogP contribution in [0.5, 0.6) is 0 Å². The van der Waals surface area contributed by atoms with Gasteiger partial charge in [-0.1, -0.05) is 29.8 Å². The van der Waals surface area contributed by atoms with Crippen LogP contribution in [0.3, 0.4) is 0 Å². The Morgan fingerprint density at radius 1 is 1.18 bits per heavy atom. The quantitative estimate of drug-likeness (QED) is 0.512. The number of amides is 1. The van der Waals surface area contributed by atoms with Gasteiger partial charge >= 0.3 is 17.5 Å². The highest BCUT2D eigenvalue weighted by Gasteiger charge is 2.24. The number of carbonyl (C=O) groups is 1. The number of ether oxygens (including phenoxy) is 1. The van der Waals surface area contributed by atoms with Crippen LogP contribution < -0.4 is 16.6 Å². The molecule has 0 bridgehead atoms. The molecule has 0 saturated carbocycles. The van der Waals surface area contributed by atoms with E-state index in [1.807, 2.05) is 26.0 Å². The number of hydrogen-bond acceptors (Lipinski definition) is 9. The fourth-order valence-corrected chi connectivity index (χ4v) is 3.60. The molecule has 12 heteroatoms. The van der Waals surface area contributed by atoms with Crippen LogP contribution in [0.1, 0.15) is 29.6 Å². The molecule has 1 aromatic carbocycles.